The van der Waals surface area contributed by atoms with Gasteiger partial charge in [-0.05, 0) is 55.4 Å². The molecule has 1 saturated carbocycles. The predicted octanol–water partition coefficient (Wildman–Crippen LogP) is 3.96. The van der Waals surface area contributed by atoms with Gasteiger partial charge in [0.2, 0.25) is 0 Å². The number of nitrogen functional groups attached to an aromatic ring is 1. The van der Waals surface area contributed by atoms with E-state index in [1.54, 1.807) is 0 Å². The molecule has 1 aliphatic rings. The number of hydrogen-bond acceptors (Lipinski definition) is 2. The number of hydrogen-bond donors (Lipinski definition) is 2. The molecule has 3 N–H and O–H groups in total. The molecule has 2 nitrogen and oxygen atoms in total. The summed E-state index contributed by atoms with van der Waals surface area (Å²) in [5.74, 6) is 0. The van der Waals surface area contributed by atoms with Crippen LogP contribution in [0.2, 0.25) is 0 Å². The predicted molar refractivity (Wildman–Crippen MR) is 75.3 cm³/mol. The summed E-state index contributed by atoms with van der Waals surface area (Å²) in [5.41, 5.74) is 9.63. The Balaban J connectivity index is 2.01. The molecule has 1 aromatic rings. The minimum Gasteiger partial charge on any atom is -0.399 e. The van der Waals surface area contributed by atoms with E-state index in [9.17, 15) is 0 Å². The van der Waals surface area contributed by atoms with Crippen molar-refractivity contribution in [1.82, 2.24) is 0 Å². The zero-order valence-electron chi connectivity index (χ0n) is 11.1. The van der Waals surface area contributed by atoms with Gasteiger partial charge >= 0.3 is 0 Å². The Morgan fingerprint density at radius 2 is 2.00 bits per heavy atom. The summed E-state index contributed by atoms with van der Waals surface area (Å²) in [6, 6.07) is 6.11. The van der Waals surface area contributed by atoms with Crippen LogP contribution in [-0.2, 0) is 0 Å². The van der Waals surface area contributed by atoms with Gasteiger partial charge in [-0.1, -0.05) is 19.8 Å². The van der Waals surface area contributed by atoms with Crippen LogP contribution in [0.25, 0.3) is 0 Å². The fourth-order valence-electron chi connectivity index (χ4n) is 2.95. The fraction of sp³-hybridized carbons (Fsp3) is 0.600. The van der Waals surface area contributed by atoms with Crippen molar-refractivity contribution in [3.63, 3.8) is 0 Å². The van der Waals surface area contributed by atoms with Crippen LogP contribution in [0.15, 0.2) is 18.2 Å². The number of nitrogens with one attached hydrogen (secondary N) is 1. The second-order valence-corrected chi connectivity index (χ2v) is 5.49. The van der Waals surface area contributed by atoms with Gasteiger partial charge < -0.3 is 11.1 Å². The van der Waals surface area contributed by atoms with Crippen molar-refractivity contribution in [3.8, 4) is 0 Å². The molecule has 0 radical (unpaired) electrons. The molecule has 0 heterocycles. The minimum atomic E-state index is 0.536. The summed E-state index contributed by atoms with van der Waals surface area (Å²) in [4.78, 5) is 0. The second-order valence-electron chi connectivity index (χ2n) is 5.49. The van der Waals surface area contributed by atoms with Crippen LogP contribution in [0.1, 0.15) is 44.6 Å². The quantitative estimate of drug-likeness (QED) is 0.771. The summed E-state index contributed by atoms with van der Waals surface area (Å²) in [5, 5.41) is 3.62. The van der Waals surface area contributed by atoms with E-state index >= 15 is 0 Å². The van der Waals surface area contributed by atoms with Crippen LogP contribution in [0.3, 0.4) is 0 Å². The van der Waals surface area contributed by atoms with Crippen LogP contribution in [-0.4, -0.2) is 6.54 Å². The maximum Gasteiger partial charge on any atom is 0.0371 e. The van der Waals surface area contributed by atoms with E-state index in [1.807, 2.05) is 12.1 Å². The van der Waals surface area contributed by atoms with Gasteiger partial charge in [0.05, 0.1) is 0 Å². The van der Waals surface area contributed by atoms with Gasteiger partial charge in [-0.3, -0.25) is 0 Å². The van der Waals surface area contributed by atoms with E-state index in [-0.39, 0.29) is 0 Å². The standard InChI is InChI=1S/C15H24N2/c1-3-15(8-4-5-9-15)11-17-14-7-6-13(16)10-12(14)2/h6-7,10,17H,3-5,8-9,11,16H2,1-2H3. The Morgan fingerprint density at radius 1 is 1.29 bits per heavy atom. The Bertz CT molecular complexity index is 379. The van der Waals surface area contributed by atoms with Gasteiger partial charge in [-0.15, -0.1) is 0 Å². The van der Waals surface area contributed by atoms with Crippen molar-refractivity contribution < 1.29 is 0 Å². The zero-order valence-corrected chi connectivity index (χ0v) is 11.1. The number of rotatable bonds is 4. The van der Waals surface area contributed by atoms with Gasteiger partial charge in [0.15, 0.2) is 0 Å². The number of nitrogens with two attached hydrogens (primary N) is 1. The first kappa shape index (κ1) is 12.3. The van der Waals surface area contributed by atoms with Crippen LogP contribution >= 0.6 is 0 Å². The monoisotopic (exact) mass is 232 g/mol. The van der Waals surface area contributed by atoms with Crippen LogP contribution < -0.4 is 11.1 Å². The first-order chi connectivity index (χ1) is 8.15. The van der Waals surface area contributed by atoms with E-state index < -0.39 is 0 Å². The van der Waals surface area contributed by atoms with E-state index in [0.29, 0.717) is 5.41 Å². The largest absolute Gasteiger partial charge is 0.399 e. The third-order valence-corrected chi connectivity index (χ3v) is 4.32. The topological polar surface area (TPSA) is 38.0 Å². The highest BCUT2D eigenvalue weighted by Crippen LogP contribution is 2.41. The molecule has 17 heavy (non-hydrogen) atoms. The number of aryl methyl sites for hydroxylation is 1. The average Bonchev–Trinajstić information content (AvgIpc) is 2.77. The summed E-state index contributed by atoms with van der Waals surface area (Å²) in [6.07, 6.45) is 6.84. The molecular formula is C15H24N2. The molecule has 0 aromatic heterocycles. The van der Waals surface area contributed by atoms with Crippen molar-refractivity contribution in [2.75, 3.05) is 17.6 Å². The second kappa shape index (κ2) is 4.99. The maximum absolute atomic E-state index is 5.77. The SMILES string of the molecule is CCC1(CNc2ccc(N)cc2C)CCCC1. The molecule has 0 atom stereocenters. The lowest BCUT2D eigenvalue weighted by Crippen LogP contribution is -2.26. The van der Waals surface area contributed by atoms with Crippen molar-refractivity contribution in [2.24, 2.45) is 5.41 Å². The Hall–Kier alpha value is -1.18. The summed E-state index contributed by atoms with van der Waals surface area (Å²) in [7, 11) is 0. The van der Waals surface area contributed by atoms with Crippen molar-refractivity contribution in [2.45, 2.75) is 46.0 Å². The average molecular weight is 232 g/mol. The third-order valence-electron chi connectivity index (χ3n) is 4.32. The summed E-state index contributed by atoms with van der Waals surface area (Å²) < 4.78 is 0. The zero-order chi connectivity index (χ0) is 12.3. The van der Waals surface area contributed by atoms with E-state index in [1.165, 1.54) is 43.4 Å². The minimum absolute atomic E-state index is 0.536. The first-order valence-electron chi connectivity index (χ1n) is 6.75. The first-order valence-corrected chi connectivity index (χ1v) is 6.75. The van der Waals surface area contributed by atoms with Gasteiger partial charge in [0.25, 0.3) is 0 Å². The molecule has 1 aliphatic carbocycles. The maximum atomic E-state index is 5.77. The van der Waals surface area contributed by atoms with Crippen LogP contribution in [0.5, 0.6) is 0 Å². The summed E-state index contributed by atoms with van der Waals surface area (Å²) >= 11 is 0. The summed E-state index contributed by atoms with van der Waals surface area (Å²) in [6.45, 7) is 5.54. The Kier molecular flexibility index (Phi) is 3.60. The van der Waals surface area contributed by atoms with Crippen LogP contribution in [0.4, 0.5) is 11.4 Å². The Morgan fingerprint density at radius 3 is 2.59 bits per heavy atom. The molecule has 1 fully saturated rings. The van der Waals surface area contributed by atoms with Crippen molar-refractivity contribution in [3.05, 3.63) is 23.8 Å². The van der Waals surface area contributed by atoms with Gasteiger partial charge in [-0.25, -0.2) is 0 Å². The van der Waals surface area contributed by atoms with Crippen molar-refractivity contribution >= 4 is 11.4 Å². The van der Waals surface area contributed by atoms with E-state index in [4.69, 9.17) is 5.73 Å². The fourth-order valence-corrected chi connectivity index (χ4v) is 2.95. The molecule has 0 saturated heterocycles. The number of anilines is 2. The molecule has 0 bridgehead atoms. The van der Waals surface area contributed by atoms with Gasteiger partial charge in [0, 0.05) is 17.9 Å². The van der Waals surface area contributed by atoms with Gasteiger partial charge in [0.1, 0.15) is 0 Å². The van der Waals surface area contributed by atoms with Gasteiger partial charge in [-0.2, -0.15) is 0 Å². The highest BCUT2D eigenvalue weighted by Gasteiger charge is 2.31. The lowest BCUT2D eigenvalue weighted by molar-refractivity contribution is 0.307. The highest BCUT2D eigenvalue weighted by molar-refractivity contribution is 5.57. The molecule has 0 unspecified atom stereocenters. The molecule has 0 amide bonds. The number of benzene rings is 1. The lowest BCUT2D eigenvalue weighted by Gasteiger charge is -2.28. The highest BCUT2D eigenvalue weighted by atomic mass is 14.9. The smallest absolute Gasteiger partial charge is 0.0371 e. The van der Waals surface area contributed by atoms with Crippen LogP contribution in [0, 0.1) is 12.3 Å². The lowest BCUT2D eigenvalue weighted by atomic mass is 9.83. The molecule has 0 spiro atoms. The normalized spacial score (nSPS) is 18.2. The molecule has 2 heteroatoms. The Labute approximate surface area is 105 Å². The third kappa shape index (κ3) is 2.74. The molecule has 2 rings (SSSR count). The van der Waals surface area contributed by atoms with E-state index in [2.05, 4.69) is 25.2 Å². The van der Waals surface area contributed by atoms with Crippen molar-refractivity contribution in [1.29, 1.82) is 0 Å². The molecule has 0 aliphatic heterocycles. The van der Waals surface area contributed by atoms with E-state index in [0.717, 1.165) is 12.2 Å². The molecule has 1 aromatic carbocycles. The molecule has 94 valence electrons. The molecular weight excluding hydrogens is 208 g/mol.